The van der Waals surface area contributed by atoms with Crippen LogP contribution in [0.3, 0.4) is 0 Å². The minimum atomic E-state index is 0.244. The van der Waals surface area contributed by atoms with Gasteiger partial charge in [-0.1, -0.05) is 81.6 Å². The second-order valence-electron chi connectivity index (χ2n) is 8.36. The number of aromatic nitrogens is 3. The van der Waals surface area contributed by atoms with Crippen LogP contribution in [0.2, 0.25) is 10.0 Å². The Hall–Kier alpha value is -4.18. The van der Waals surface area contributed by atoms with Gasteiger partial charge in [0.05, 0.1) is 6.21 Å². The zero-order valence-electron chi connectivity index (χ0n) is 20.9. The monoisotopic (exact) mass is 633 g/mol. The fourth-order valence-corrected chi connectivity index (χ4v) is 4.39. The lowest BCUT2D eigenvalue weighted by molar-refractivity contribution is 0.306. The van der Waals surface area contributed by atoms with E-state index in [0.29, 0.717) is 27.7 Å². The fourth-order valence-electron chi connectivity index (χ4n) is 3.54. The van der Waals surface area contributed by atoms with Crippen LogP contribution in [0.4, 0.5) is 29.2 Å². The summed E-state index contributed by atoms with van der Waals surface area (Å²) in [5.41, 5.74) is 6.12. The number of nitrogens with zero attached hydrogens (tertiary/aromatic N) is 4. The maximum Gasteiger partial charge on any atom is 0.250 e. The molecule has 0 bridgehead atoms. The van der Waals surface area contributed by atoms with Crippen LogP contribution >= 0.6 is 39.1 Å². The molecule has 0 fully saturated rings. The zero-order valence-corrected chi connectivity index (χ0v) is 24.0. The second kappa shape index (κ2) is 13.3. The third-order valence-electron chi connectivity index (χ3n) is 5.43. The van der Waals surface area contributed by atoms with Crippen LogP contribution in [0.15, 0.2) is 107 Å². The van der Waals surface area contributed by atoms with Crippen molar-refractivity contribution in [3.05, 3.63) is 123 Å². The third kappa shape index (κ3) is 7.69. The number of halogens is 3. The van der Waals surface area contributed by atoms with Crippen molar-refractivity contribution in [3.63, 3.8) is 0 Å². The van der Waals surface area contributed by atoms with Gasteiger partial charge >= 0.3 is 0 Å². The summed E-state index contributed by atoms with van der Waals surface area (Å²) in [5, 5.41) is 11.9. The van der Waals surface area contributed by atoms with Crippen LogP contribution in [-0.2, 0) is 6.61 Å². The summed E-state index contributed by atoms with van der Waals surface area (Å²) < 4.78 is 6.91. The van der Waals surface area contributed by atoms with E-state index >= 15 is 0 Å². The molecule has 0 saturated heterocycles. The third-order valence-corrected chi connectivity index (χ3v) is 6.51. The molecule has 0 radical (unpaired) electrons. The Kier molecular flexibility index (Phi) is 9.07. The molecule has 0 saturated carbocycles. The van der Waals surface area contributed by atoms with Crippen molar-refractivity contribution in [3.8, 4) is 5.75 Å². The standard InChI is InChI=1S/C29H22BrCl2N7O/c30-21-12-14-26(40-18-19-11-13-22(31)16-25(19)32)20(15-21)17-33-39-29-37-27(34-23-7-3-1-4-8-23)36-28(38-29)35-24-9-5-2-6-10-24/h1-17H,18H2,(H3,34,35,36,37,38,39)/b33-17-. The van der Waals surface area contributed by atoms with Gasteiger partial charge in [-0.2, -0.15) is 20.1 Å². The molecule has 1 heterocycles. The molecule has 40 heavy (non-hydrogen) atoms. The maximum absolute atomic E-state index is 6.30. The number of para-hydroxylation sites is 2. The molecule has 0 atom stereocenters. The van der Waals surface area contributed by atoms with Gasteiger partial charge in [0, 0.05) is 37.0 Å². The predicted octanol–water partition coefficient (Wildman–Crippen LogP) is 8.45. The summed E-state index contributed by atoms with van der Waals surface area (Å²) in [4.78, 5) is 13.4. The van der Waals surface area contributed by atoms with E-state index in [1.54, 1.807) is 18.3 Å². The molecule has 1 aromatic heterocycles. The summed E-state index contributed by atoms with van der Waals surface area (Å²) in [7, 11) is 0. The first-order valence-electron chi connectivity index (χ1n) is 12.1. The topological polar surface area (TPSA) is 96.4 Å². The van der Waals surface area contributed by atoms with E-state index in [4.69, 9.17) is 27.9 Å². The normalized spacial score (nSPS) is 10.9. The maximum atomic E-state index is 6.30. The summed E-state index contributed by atoms with van der Waals surface area (Å²) in [5.74, 6) is 1.56. The highest BCUT2D eigenvalue weighted by Crippen LogP contribution is 2.26. The van der Waals surface area contributed by atoms with Gasteiger partial charge in [0.1, 0.15) is 12.4 Å². The molecule has 5 aromatic rings. The van der Waals surface area contributed by atoms with Crippen molar-refractivity contribution >= 4 is 74.6 Å². The Morgan fingerprint density at radius 3 is 2.00 bits per heavy atom. The molecule has 3 N–H and O–H groups in total. The summed E-state index contributed by atoms with van der Waals surface area (Å²) in [6, 6.07) is 30.2. The van der Waals surface area contributed by atoms with Crippen molar-refractivity contribution in [2.24, 2.45) is 5.10 Å². The molecule has 0 aliphatic rings. The molecule has 8 nitrogen and oxygen atoms in total. The molecular weight excluding hydrogens is 613 g/mol. The zero-order chi connectivity index (χ0) is 27.7. The van der Waals surface area contributed by atoms with Crippen LogP contribution in [0, 0.1) is 0 Å². The minimum absolute atomic E-state index is 0.244. The molecular formula is C29H22BrCl2N7O. The first-order chi connectivity index (χ1) is 19.5. The molecule has 4 aromatic carbocycles. The lowest BCUT2D eigenvalue weighted by Crippen LogP contribution is -2.07. The van der Waals surface area contributed by atoms with Crippen molar-refractivity contribution < 1.29 is 4.74 Å². The van der Waals surface area contributed by atoms with Gasteiger partial charge in [-0.3, -0.25) is 0 Å². The largest absolute Gasteiger partial charge is 0.488 e. The van der Waals surface area contributed by atoms with E-state index in [0.717, 1.165) is 27.0 Å². The lowest BCUT2D eigenvalue weighted by atomic mass is 10.2. The molecule has 0 amide bonds. The van der Waals surface area contributed by atoms with Crippen LogP contribution in [0.5, 0.6) is 5.75 Å². The highest BCUT2D eigenvalue weighted by atomic mass is 79.9. The second-order valence-corrected chi connectivity index (χ2v) is 10.1. The van der Waals surface area contributed by atoms with E-state index < -0.39 is 0 Å². The number of hydrazone groups is 1. The number of anilines is 5. The summed E-state index contributed by atoms with van der Waals surface area (Å²) in [6.45, 7) is 0.266. The van der Waals surface area contributed by atoms with E-state index in [9.17, 15) is 0 Å². The highest BCUT2D eigenvalue weighted by molar-refractivity contribution is 9.10. The van der Waals surface area contributed by atoms with Crippen LogP contribution < -0.4 is 20.8 Å². The Morgan fingerprint density at radius 2 is 1.38 bits per heavy atom. The summed E-state index contributed by atoms with van der Waals surface area (Å²) >= 11 is 15.8. The number of benzene rings is 4. The van der Waals surface area contributed by atoms with Crippen molar-refractivity contribution in [2.45, 2.75) is 6.61 Å². The van der Waals surface area contributed by atoms with E-state index in [-0.39, 0.29) is 12.6 Å². The minimum Gasteiger partial charge on any atom is -0.488 e. The number of hydrogen-bond donors (Lipinski definition) is 3. The number of hydrogen-bond acceptors (Lipinski definition) is 8. The van der Waals surface area contributed by atoms with Crippen molar-refractivity contribution in [2.75, 3.05) is 16.1 Å². The predicted molar refractivity (Wildman–Crippen MR) is 165 cm³/mol. The Bertz CT molecular complexity index is 1560. The van der Waals surface area contributed by atoms with E-state index in [1.807, 2.05) is 84.9 Å². The Balaban J connectivity index is 1.35. The number of ether oxygens (including phenoxy) is 1. The van der Waals surface area contributed by atoms with Crippen molar-refractivity contribution in [1.29, 1.82) is 0 Å². The molecule has 0 aliphatic carbocycles. The van der Waals surface area contributed by atoms with Gasteiger partial charge in [0.15, 0.2) is 0 Å². The van der Waals surface area contributed by atoms with Crippen LogP contribution in [-0.4, -0.2) is 21.2 Å². The fraction of sp³-hybridized carbons (Fsp3) is 0.0345. The van der Waals surface area contributed by atoms with Gasteiger partial charge in [-0.05, 0) is 54.6 Å². The van der Waals surface area contributed by atoms with Gasteiger partial charge in [-0.15, -0.1) is 0 Å². The molecule has 5 rings (SSSR count). The Labute approximate surface area is 249 Å². The summed E-state index contributed by atoms with van der Waals surface area (Å²) in [6.07, 6.45) is 1.63. The molecule has 11 heteroatoms. The quantitative estimate of drug-likeness (QED) is 0.105. The lowest BCUT2D eigenvalue weighted by Gasteiger charge is -2.11. The Morgan fingerprint density at radius 1 is 0.750 bits per heavy atom. The SMILES string of the molecule is Clc1ccc(COc2ccc(Br)cc2/C=N\Nc2nc(Nc3ccccc3)nc(Nc3ccccc3)n2)c(Cl)c1. The van der Waals surface area contributed by atoms with Gasteiger partial charge in [0.2, 0.25) is 17.8 Å². The first-order valence-corrected chi connectivity index (χ1v) is 13.6. The molecule has 0 spiro atoms. The van der Waals surface area contributed by atoms with E-state index in [1.165, 1.54) is 0 Å². The average Bonchev–Trinajstić information content (AvgIpc) is 2.94. The number of nitrogens with one attached hydrogen (secondary N) is 3. The average molecular weight is 635 g/mol. The first kappa shape index (κ1) is 27.4. The van der Waals surface area contributed by atoms with Crippen LogP contribution in [0.25, 0.3) is 0 Å². The molecule has 200 valence electrons. The van der Waals surface area contributed by atoms with Gasteiger partial charge < -0.3 is 15.4 Å². The number of rotatable bonds is 10. The highest BCUT2D eigenvalue weighted by Gasteiger charge is 2.09. The van der Waals surface area contributed by atoms with Gasteiger partial charge in [0.25, 0.3) is 0 Å². The molecule has 0 unspecified atom stereocenters. The van der Waals surface area contributed by atoms with Crippen LogP contribution in [0.1, 0.15) is 11.1 Å². The molecule has 0 aliphatic heterocycles. The smallest absolute Gasteiger partial charge is 0.250 e. The van der Waals surface area contributed by atoms with E-state index in [2.05, 4.69) is 52.0 Å². The van der Waals surface area contributed by atoms with Crippen molar-refractivity contribution in [1.82, 2.24) is 15.0 Å². The van der Waals surface area contributed by atoms with Gasteiger partial charge in [-0.25, -0.2) is 5.43 Å².